The number of anilines is 1. The number of para-hydroxylation sites is 1. The molecule has 19 heavy (non-hydrogen) atoms. The molecule has 0 fully saturated rings. The smallest absolute Gasteiger partial charge is 0.128 e. The van der Waals surface area contributed by atoms with Gasteiger partial charge in [-0.05, 0) is 37.6 Å². The molecule has 1 aromatic carbocycles. The number of aromatic nitrogens is 1. The molecule has 0 aliphatic carbocycles. The lowest BCUT2D eigenvalue weighted by Gasteiger charge is -2.11. The van der Waals surface area contributed by atoms with Crippen LogP contribution >= 0.6 is 0 Å². The third-order valence-corrected chi connectivity index (χ3v) is 2.80. The van der Waals surface area contributed by atoms with Crippen molar-refractivity contribution in [3.63, 3.8) is 0 Å². The lowest BCUT2D eigenvalue weighted by atomic mass is 10.1. The van der Waals surface area contributed by atoms with E-state index in [9.17, 15) is 0 Å². The highest BCUT2D eigenvalue weighted by atomic mass is 16.5. The number of benzene rings is 1. The lowest BCUT2D eigenvalue weighted by Crippen LogP contribution is -2.00. The predicted molar refractivity (Wildman–Crippen MR) is 79.6 cm³/mol. The zero-order valence-corrected chi connectivity index (χ0v) is 11.5. The average Bonchev–Trinajstić information content (AvgIpc) is 2.46. The van der Waals surface area contributed by atoms with Crippen LogP contribution in [-0.2, 0) is 0 Å². The summed E-state index contributed by atoms with van der Waals surface area (Å²) in [4.78, 5) is 4.44. The van der Waals surface area contributed by atoms with Gasteiger partial charge >= 0.3 is 0 Å². The molecular formula is C16H20N2O. The van der Waals surface area contributed by atoms with Crippen molar-refractivity contribution >= 4 is 5.69 Å². The highest BCUT2D eigenvalue weighted by molar-refractivity contribution is 5.69. The number of rotatable bonds is 6. The van der Waals surface area contributed by atoms with Crippen LogP contribution in [0.4, 0.5) is 5.69 Å². The van der Waals surface area contributed by atoms with Gasteiger partial charge in [0.2, 0.25) is 0 Å². The minimum atomic E-state index is 0.658. The Morgan fingerprint density at radius 1 is 1.16 bits per heavy atom. The molecular weight excluding hydrogens is 236 g/mol. The summed E-state index contributed by atoms with van der Waals surface area (Å²) in [5.41, 5.74) is 3.06. The van der Waals surface area contributed by atoms with Crippen LogP contribution in [0.2, 0.25) is 0 Å². The second-order valence-electron chi connectivity index (χ2n) is 4.29. The van der Waals surface area contributed by atoms with Crippen LogP contribution in [0.1, 0.15) is 20.3 Å². The quantitative estimate of drug-likeness (QED) is 0.849. The fourth-order valence-corrected chi connectivity index (χ4v) is 1.92. The number of hydrogen-bond donors (Lipinski definition) is 1. The maximum atomic E-state index is 5.65. The van der Waals surface area contributed by atoms with Crippen molar-refractivity contribution in [1.82, 2.24) is 4.98 Å². The molecule has 2 rings (SSSR count). The number of nitrogens with one attached hydrogen (secondary N) is 1. The number of ether oxygens (including phenoxy) is 1. The summed E-state index contributed by atoms with van der Waals surface area (Å²) in [5, 5.41) is 3.38. The SMILES string of the molecule is CCCNc1ccnc(-c2ccccc2OCC)c1. The Bertz CT molecular complexity index is 526. The third kappa shape index (κ3) is 3.47. The monoisotopic (exact) mass is 256 g/mol. The minimum Gasteiger partial charge on any atom is -0.493 e. The van der Waals surface area contributed by atoms with Gasteiger partial charge in [0.05, 0.1) is 12.3 Å². The molecule has 100 valence electrons. The van der Waals surface area contributed by atoms with E-state index in [1.165, 1.54) is 0 Å². The molecule has 3 nitrogen and oxygen atoms in total. The molecule has 3 heteroatoms. The molecule has 0 radical (unpaired) electrons. The Kier molecular flexibility index (Phi) is 4.78. The first-order valence-electron chi connectivity index (χ1n) is 6.77. The van der Waals surface area contributed by atoms with Crippen molar-refractivity contribution in [2.45, 2.75) is 20.3 Å². The number of hydrogen-bond acceptors (Lipinski definition) is 3. The Hall–Kier alpha value is -2.03. The molecule has 0 amide bonds. The number of nitrogens with zero attached hydrogens (tertiary/aromatic N) is 1. The molecule has 1 heterocycles. The normalized spacial score (nSPS) is 10.2. The molecule has 0 unspecified atom stereocenters. The standard InChI is InChI=1S/C16H20N2O/c1-3-10-17-13-9-11-18-15(12-13)14-7-5-6-8-16(14)19-4-2/h5-9,11-12H,3-4,10H2,1-2H3,(H,17,18). The molecule has 2 aromatic rings. The van der Waals surface area contributed by atoms with Gasteiger partial charge in [-0.2, -0.15) is 0 Å². The maximum absolute atomic E-state index is 5.65. The van der Waals surface area contributed by atoms with Gasteiger partial charge in [-0.15, -0.1) is 0 Å². The highest BCUT2D eigenvalue weighted by Gasteiger charge is 2.07. The van der Waals surface area contributed by atoms with Crippen LogP contribution < -0.4 is 10.1 Å². The van der Waals surface area contributed by atoms with E-state index in [-0.39, 0.29) is 0 Å². The fraction of sp³-hybridized carbons (Fsp3) is 0.312. The zero-order valence-electron chi connectivity index (χ0n) is 11.5. The first-order chi connectivity index (χ1) is 9.35. The molecule has 0 aliphatic heterocycles. The molecule has 0 saturated heterocycles. The summed E-state index contributed by atoms with van der Waals surface area (Å²) >= 11 is 0. The predicted octanol–water partition coefficient (Wildman–Crippen LogP) is 3.97. The van der Waals surface area contributed by atoms with Crippen LogP contribution in [-0.4, -0.2) is 18.1 Å². The molecule has 0 spiro atoms. The lowest BCUT2D eigenvalue weighted by molar-refractivity contribution is 0.341. The maximum Gasteiger partial charge on any atom is 0.128 e. The summed E-state index contributed by atoms with van der Waals surface area (Å²) in [6.45, 7) is 5.77. The van der Waals surface area contributed by atoms with Crippen LogP contribution in [0.25, 0.3) is 11.3 Å². The van der Waals surface area contributed by atoms with Gasteiger partial charge < -0.3 is 10.1 Å². The van der Waals surface area contributed by atoms with Gasteiger partial charge in [-0.1, -0.05) is 19.1 Å². The van der Waals surface area contributed by atoms with Crippen molar-refractivity contribution in [1.29, 1.82) is 0 Å². The van der Waals surface area contributed by atoms with Crippen molar-refractivity contribution in [3.05, 3.63) is 42.6 Å². The Balaban J connectivity index is 2.30. The topological polar surface area (TPSA) is 34.2 Å². The Morgan fingerprint density at radius 2 is 2.00 bits per heavy atom. The number of pyridine rings is 1. The van der Waals surface area contributed by atoms with Gasteiger partial charge in [0.1, 0.15) is 5.75 Å². The molecule has 0 atom stereocenters. The van der Waals surface area contributed by atoms with E-state index in [1.54, 1.807) is 0 Å². The van der Waals surface area contributed by atoms with Crippen molar-refractivity contribution in [3.8, 4) is 17.0 Å². The van der Waals surface area contributed by atoms with E-state index in [4.69, 9.17) is 4.74 Å². The average molecular weight is 256 g/mol. The summed E-state index contributed by atoms with van der Waals surface area (Å²) in [6.07, 6.45) is 2.93. The van der Waals surface area contributed by atoms with Gasteiger partial charge in [0.15, 0.2) is 0 Å². The van der Waals surface area contributed by atoms with Crippen molar-refractivity contribution < 1.29 is 4.74 Å². The van der Waals surface area contributed by atoms with E-state index in [0.717, 1.165) is 35.7 Å². The largest absolute Gasteiger partial charge is 0.493 e. The second-order valence-corrected chi connectivity index (χ2v) is 4.29. The van der Waals surface area contributed by atoms with E-state index >= 15 is 0 Å². The van der Waals surface area contributed by atoms with Crippen LogP contribution in [0.15, 0.2) is 42.6 Å². The molecule has 0 bridgehead atoms. The van der Waals surface area contributed by atoms with Gasteiger partial charge in [-0.25, -0.2) is 0 Å². The fourth-order valence-electron chi connectivity index (χ4n) is 1.92. The van der Waals surface area contributed by atoms with Gasteiger partial charge in [-0.3, -0.25) is 4.98 Å². The summed E-state index contributed by atoms with van der Waals surface area (Å²) in [6, 6.07) is 12.1. The van der Waals surface area contributed by atoms with Crippen molar-refractivity contribution in [2.75, 3.05) is 18.5 Å². The van der Waals surface area contributed by atoms with Crippen molar-refractivity contribution in [2.24, 2.45) is 0 Å². The first-order valence-corrected chi connectivity index (χ1v) is 6.77. The molecule has 1 N–H and O–H groups in total. The van der Waals surface area contributed by atoms with Crippen LogP contribution in [0.3, 0.4) is 0 Å². The minimum absolute atomic E-state index is 0.658. The Morgan fingerprint density at radius 3 is 2.79 bits per heavy atom. The first kappa shape index (κ1) is 13.4. The van der Waals surface area contributed by atoms with E-state index < -0.39 is 0 Å². The summed E-state index contributed by atoms with van der Waals surface area (Å²) < 4.78 is 5.65. The van der Waals surface area contributed by atoms with Crippen LogP contribution in [0, 0.1) is 0 Å². The van der Waals surface area contributed by atoms with Crippen LogP contribution in [0.5, 0.6) is 5.75 Å². The van der Waals surface area contributed by atoms with E-state index in [2.05, 4.69) is 23.3 Å². The summed E-state index contributed by atoms with van der Waals surface area (Å²) in [7, 11) is 0. The van der Waals surface area contributed by atoms with E-state index in [0.29, 0.717) is 6.61 Å². The molecule has 1 aromatic heterocycles. The molecule has 0 aliphatic rings. The summed E-state index contributed by atoms with van der Waals surface area (Å²) in [5.74, 6) is 0.880. The molecule has 0 saturated carbocycles. The zero-order chi connectivity index (χ0) is 13.5. The highest BCUT2D eigenvalue weighted by Crippen LogP contribution is 2.29. The third-order valence-electron chi connectivity index (χ3n) is 2.80. The Labute approximate surface area is 114 Å². The second kappa shape index (κ2) is 6.78. The van der Waals surface area contributed by atoms with Gasteiger partial charge in [0, 0.05) is 24.0 Å². The van der Waals surface area contributed by atoms with E-state index in [1.807, 2.05) is 43.5 Å². The van der Waals surface area contributed by atoms with Gasteiger partial charge in [0.25, 0.3) is 0 Å².